The number of ether oxygens (including phenoxy) is 10. The van der Waals surface area contributed by atoms with E-state index in [0.29, 0.717) is 5.69 Å². The van der Waals surface area contributed by atoms with Crippen molar-refractivity contribution < 1.29 is 80.9 Å². The zero-order chi connectivity index (χ0) is 62.1. The highest BCUT2D eigenvalue weighted by molar-refractivity contribution is 7.80. The molecule has 8 aromatic rings. The van der Waals surface area contributed by atoms with E-state index >= 15 is 0 Å². The number of hydrogen-bond donors (Lipinski definition) is 2. The predicted molar refractivity (Wildman–Crippen MR) is 325 cm³/mol. The van der Waals surface area contributed by atoms with Gasteiger partial charge >= 0.3 is 41.8 Å². The van der Waals surface area contributed by atoms with Gasteiger partial charge in [-0.05, 0) is 109 Å². The largest absolute Gasteiger partial charge is 0.459 e. The first-order chi connectivity index (χ1) is 43.4. The minimum Gasteiger partial charge on any atom is -0.459 e. The van der Waals surface area contributed by atoms with Crippen LogP contribution in [-0.2, 0) is 47.4 Å². The number of anilines is 1. The third-order valence-electron chi connectivity index (χ3n) is 14.0. The number of thiocarbonyl (C=S) groups is 1. The molecule has 0 aliphatic carbocycles. The highest BCUT2D eigenvalue weighted by atomic mass is 35.5. The van der Waals surface area contributed by atoms with Gasteiger partial charge < -0.3 is 58.0 Å². The van der Waals surface area contributed by atoms with E-state index in [1.54, 1.807) is 152 Å². The molecule has 2 saturated heterocycles. The second-order valence-corrected chi connectivity index (χ2v) is 20.7. The Balaban J connectivity index is 1.14. The highest BCUT2D eigenvalue weighted by Crippen LogP contribution is 2.37. The number of benzene rings is 8. The Morgan fingerprint density at radius 2 is 0.663 bits per heavy atom. The van der Waals surface area contributed by atoms with Crippen molar-refractivity contribution in [2.45, 2.75) is 61.3 Å². The van der Waals surface area contributed by atoms with Gasteiger partial charge in [-0.15, -0.1) is 0 Å². The molecule has 21 heteroatoms. The van der Waals surface area contributed by atoms with Crippen molar-refractivity contribution in [2.24, 2.45) is 0 Å². The van der Waals surface area contributed by atoms with E-state index in [0.717, 1.165) is 0 Å². The van der Waals surface area contributed by atoms with Crippen molar-refractivity contribution in [3.05, 3.63) is 281 Å². The zero-order valence-corrected chi connectivity index (χ0v) is 48.5. The molecule has 0 aromatic heterocycles. The van der Waals surface area contributed by atoms with E-state index in [9.17, 15) is 33.6 Å². The molecule has 2 aliphatic heterocycles. The molecule has 452 valence electrons. The van der Waals surface area contributed by atoms with Crippen LogP contribution in [0.25, 0.3) is 0 Å². The van der Waals surface area contributed by atoms with Crippen LogP contribution in [0.1, 0.15) is 72.5 Å². The lowest BCUT2D eigenvalue weighted by molar-refractivity contribution is -0.339. The van der Waals surface area contributed by atoms with Gasteiger partial charge in [-0.3, -0.25) is 0 Å². The van der Waals surface area contributed by atoms with Crippen LogP contribution in [0.3, 0.4) is 0 Å². The molecular formula is C68H55ClN2O17S. The first-order valence-corrected chi connectivity index (χ1v) is 28.7. The summed E-state index contributed by atoms with van der Waals surface area (Å²) in [6, 6.07) is 61.3. The molecule has 2 heterocycles. The van der Waals surface area contributed by atoms with Crippen LogP contribution in [-0.4, -0.2) is 121 Å². The van der Waals surface area contributed by atoms with E-state index in [1.165, 1.54) is 84.9 Å². The third kappa shape index (κ3) is 16.1. The van der Waals surface area contributed by atoms with Gasteiger partial charge in [0.25, 0.3) is 0 Å². The molecule has 2 fully saturated rings. The van der Waals surface area contributed by atoms with E-state index < -0.39 is 116 Å². The average molecular weight is 1240 g/mol. The smallest absolute Gasteiger partial charge is 0.338 e. The minimum absolute atomic E-state index is 0.00204. The number of halogens is 1. The third-order valence-corrected chi connectivity index (χ3v) is 14.5. The van der Waals surface area contributed by atoms with Crippen LogP contribution < -0.4 is 10.6 Å². The first-order valence-electron chi connectivity index (χ1n) is 27.9. The summed E-state index contributed by atoms with van der Waals surface area (Å²) >= 11 is 12.4. The Hall–Kier alpha value is -10.1. The lowest BCUT2D eigenvalue weighted by Gasteiger charge is -2.49. The number of rotatable bonds is 20. The number of nitrogens with one attached hydrogen (secondary N) is 2. The maximum Gasteiger partial charge on any atom is 0.338 e. The topological polar surface area (TPSA) is 236 Å². The second kappa shape index (κ2) is 30.0. The fourth-order valence-electron chi connectivity index (χ4n) is 9.58. The summed E-state index contributed by atoms with van der Waals surface area (Å²) in [4.78, 5) is 101. The van der Waals surface area contributed by atoms with Crippen molar-refractivity contribution in [1.29, 1.82) is 0 Å². The lowest BCUT2D eigenvalue weighted by Crippen LogP contribution is -2.69. The van der Waals surface area contributed by atoms with Crippen molar-refractivity contribution in [2.75, 3.05) is 18.5 Å². The molecule has 0 spiro atoms. The normalized spacial score (nSPS) is 21.0. The molecule has 10 atom stereocenters. The molecule has 8 aromatic carbocycles. The molecule has 2 aliphatic rings. The van der Waals surface area contributed by atoms with Gasteiger partial charge in [0.15, 0.2) is 48.2 Å². The Bertz CT molecular complexity index is 3730. The van der Waals surface area contributed by atoms with Gasteiger partial charge in [0, 0.05) is 0 Å². The quantitative estimate of drug-likeness (QED) is 0.0410. The van der Waals surface area contributed by atoms with Crippen LogP contribution in [0, 0.1) is 0 Å². The molecule has 0 unspecified atom stereocenters. The molecule has 10 rings (SSSR count). The number of hydrogen-bond acceptors (Lipinski definition) is 18. The Labute approximate surface area is 520 Å². The van der Waals surface area contributed by atoms with Gasteiger partial charge in [-0.2, -0.15) is 0 Å². The van der Waals surface area contributed by atoms with Crippen molar-refractivity contribution >= 4 is 76.4 Å². The summed E-state index contributed by atoms with van der Waals surface area (Å²) < 4.78 is 64.5. The SMILES string of the molecule is O=C(OC[C@H]1O[C@@H](NC(=S)Nc2ccccc2Cl)[C@H](OC(=O)c2ccccc2)[C@@H](OC(=O)c2ccccc2)[C@@H]1O[C@H]1O[C@H](COC(=O)c2ccccc2)[C@@H](OC(=O)c2ccccc2)[C@H](OC(=O)c2ccccc2)[C@H]1OC(=O)c1ccccc1)c1ccccc1. The molecular weight excluding hydrogens is 1180 g/mol. The number of carbonyl (C=O) groups is 7. The maximum absolute atomic E-state index is 14.8. The van der Waals surface area contributed by atoms with E-state index in [1.807, 2.05) is 0 Å². The monoisotopic (exact) mass is 1240 g/mol. The molecule has 2 N–H and O–H groups in total. The molecule has 89 heavy (non-hydrogen) atoms. The van der Waals surface area contributed by atoms with Crippen LogP contribution in [0.4, 0.5) is 5.69 Å². The Morgan fingerprint density at radius 3 is 1.04 bits per heavy atom. The fourth-order valence-corrected chi connectivity index (χ4v) is 9.99. The van der Waals surface area contributed by atoms with Gasteiger partial charge in [-0.25, -0.2) is 33.6 Å². The van der Waals surface area contributed by atoms with Crippen LogP contribution in [0.15, 0.2) is 237 Å². The van der Waals surface area contributed by atoms with Gasteiger partial charge in [0.1, 0.15) is 31.5 Å². The van der Waals surface area contributed by atoms with E-state index in [4.69, 9.17) is 71.2 Å². The Kier molecular flexibility index (Phi) is 20.9. The van der Waals surface area contributed by atoms with Crippen LogP contribution >= 0.6 is 23.8 Å². The van der Waals surface area contributed by atoms with Gasteiger partial charge in [0.2, 0.25) is 0 Å². The van der Waals surface area contributed by atoms with Gasteiger partial charge in [-0.1, -0.05) is 151 Å². The summed E-state index contributed by atoms with van der Waals surface area (Å²) in [6.07, 6.45) is -18.4. The van der Waals surface area contributed by atoms with Crippen molar-refractivity contribution in [1.82, 2.24) is 5.32 Å². The number of esters is 7. The predicted octanol–water partition coefficient (Wildman–Crippen LogP) is 10.3. The summed E-state index contributed by atoms with van der Waals surface area (Å²) in [6.45, 7) is -1.49. The second-order valence-electron chi connectivity index (χ2n) is 19.9. The lowest BCUT2D eigenvalue weighted by atomic mass is 9.95. The average Bonchev–Trinajstić information content (AvgIpc) is 1.08. The van der Waals surface area contributed by atoms with Crippen LogP contribution in [0.2, 0.25) is 5.02 Å². The molecule has 0 amide bonds. The maximum atomic E-state index is 14.8. The van der Waals surface area contributed by atoms with E-state index in [2.05, 4.69) is 10.6 Å². The molecule has 0 radical (unpaired) electrons. The molecule has 19 nitrogen and oxygen atoms in total. The summed E-state index contributed by atoms with van der Waals surface area (Å²) in [7, 11) is 0. The van der Waals surface area contributed by atoms with Crippen LogP contribution in [0.5, 0.6) is 0 Å². The fraction of sp³-hybridized carbons (Fsp3) is 0.176. The minimum atomic E-state index is -2.10. The van der Waals surface area contributed by atoms with Crippen molar-refractivity contribution in [3.8, 4) is 0 Å². The van der Waals surface area contributed by atoms with Gasteiger partial charge in [0.05, 0.1) is 49.7 Å². The highest BCUT2D eigenvalue weighted by Gasteiger charge is 2.58. The Morgan fingerprint density at radius 1 is 0.360 bits per heavy atom. The number of para-hydroxylation sites is 1. The molecule has 0 saturated carbocycles. The summed E-state index contributed by atoms with van der Waals surface area (Å²) in [5.74, 6) is -6.66. The standard InChI is InChI=1S/C68H55ClN2O17S/c69-49-38-22-23-39-50(49)70-68(89)71-59-57(86-65(77)47-34-18-6-19-35-47)55(84-63(75)45-30-14-4-15-31-45)54(51(81-59)40-79-60(72)42-24-8-1-9-25-42)88-67-58(87-66(78)48-36-20-7-21-37-48)56(85-64(76)46-32-16-5-17-33-46)53(83-62(74)44-28-12-3-13-29-44)52(82-67)41-80-61(73)43-26-10-2-11-27-43/h1-39,51-59,67H,40-41H2,(H2,70,71,89)/t51-,52-,53-,54-,55+,56+,57-,58-,59-,67-/m1/s1. The van der Waals surface area contributed by atoms with Crippen molar-refractivity contribution in [3.63, 3.8) is 0 Å². The summed E-state index contributed by atoms with van der Waals surface area (Å²) in [5.41, 5.74) is 0.675. The van der Waals surface area contributed by atoms with E-state index in [-0.39, 0.29) is 49.1 Å². The summed E-state index contributed by atoms with van der Waals surface area (Å²) in [5, 5.41) is 6.15. The molecule has 0 bridgehead atoms. The first kappa shape index (κ1) is 62.0. The zero-order valence-electron chi connectivity index (χ0n) is 46.9. The number of carbonyl (C=O) groups excluding carboxylic acids is 7.